The van der Waals surface area contributed by atoms with Crippen LogP contribution in [0.4, 0.5) is 4.79 Å². The first-order valence-corrected chi connectivity index (χ1v) is 6.27. The zero-order valence-electron chi connectivity index (χ0n) is 11.9. The Labute approximate surface area is 113 Å². The van der Waals surface area contributed by atoms with Gasteiger partial charge in [-0.25, -0.2) is 9.59 Å². The molecule has 0 aromatic heterocycles. The maximum Gasteiger partial charge on any atom is 0.412 e. The first-order valence-electron chi connectivity index (χ1n) is 6.27. The van der Waals surface area contributed by atoms with Gasteiger partial charge in [-0.3, -0.25) is 5.32 Å². The van der Waals surface area contributed by atoms with Gasteiger partial charge < -0.3 is 19.1 Å². The molecule has 0 aliphatic carbocycles. The first-order chi connectivity index (χ1) is 8.83. The van der Waals surface area contributed by atoms with Crippen LogP contribution in [-0.2, 0) is 19.0 Å². The zero-order chi connectivity index (χ0) is 14.5. The SMILES string of the molecule is CNC(OC(=O)N1CCOCC1)C(=O)OC(C)(C)C. The third-order valence-electron chi connectivity index (χ3n) is 2.37. The minimum atomic E-state index is -1.10. The van der Waals surface area contributed by atoms with Crippen LogP contribution in [-0.4, -0.2) is 62.1 Å². The average molecular weight is 274 g/mol. The number of morpholine rings is 1. The number of hydrogen-bond donors (Lipinski definition) is 1. The molecule has 1 fully saturated rings. The van der Waals surface area contributed by atoms with Crippen molar-refractivity contribution in [3.05, 3.63) is 0 Å². The van der Waals surface area contributed by atoms with Gasteiger partial charge in [-0.2, -0.15) is 0 Å². The molecule has 1 amide bonds. The van der Waals surface area contributed by atoms with E-state index in [9.17, 15) is 9.59 Å². The van der Waals surface area contributed by atoms with E-state index in [4.69, 9.17) is 14.2 Å². The van der Waals surface area contributed by atoms with E-state index in [-0.39, 0.29) is 0 Å². The second-order valence-corrected chi connectivity index (χ2v) is 5.19. The van der Waals surface area contributed by atoms with Crippen molar-refractivity contribution in [1.29, 1.82) is 0 Å². The van der Waals surface area contributed by atoms with Gasteiger partial charge in [-0.05, 0) is 27.8 Å². The quantitative estimate of drug-likeness (QED) is 0.591. The number of carbonyl (C=O) groups is 2. The van der Waals surface area contributed by atoms with Crippen LogP contribution in [0.5, 0.6) is 0 Å². The standard InChI is InChI=1S/C12H22N2O5/c1-12(2,3)19-10(15)9(13-4)18-11(16)14-5-7-17-8-6-14/h9,13H,5-8H2,1-4H3. The Hall–Kier alpha value is -1.34. The monoisotopic (exact) mass is 274 g/mol. The molecule has 1 atom stereocenters. The van der Waals surface area contributed by atoms with E-state index in [1.165, 1.54) is 11.9 Å². The van der Waals surface area contributed by atoms with Crippen molar-refractivity contribution in [2.24, 2.45) is 0 Å². The van der Waals surface area contributed by atoms with Crippen molar-refractivity contribution in [1.82, 2.24) is 10.2 Å². The van der Waals surface area contributed by atoms with E-state index < -0.39 is 23.9 Å². The lowest BCUT2D eigenvalue weighted by Gasteiger charge is -2.28. The minimum Gasteiger partial charge on any atom is -0.456 e. The Bertz CT molecular complexity index is 321. The molecule has 0 aromatic carbocycles. The van der Waals surface area contributed by atoms with E-state index in [2.05, 4.69) is 5.32 Å². The molecule has 19 heavy (non-hydrogen) atoms. The fourth-order valence-corrected chi connectivity index (χ4v) is 1.50. The summed E-state index contributed by atoms with van der Waals surface area (Å²) in [5.74, 6) is -0.614. The molecule has 0 radical (unpaired) electrons. The van der Waals surface area contributed by atoms with Crippen LogP contribution in [0.2, 0.25) is 0 Å². The van der Waals surface area contributed by atoms with E-state index in [0.717, 1.165) is 0 Å². The number of ether oxygens (including phenoxy) is 3. The normalized spacial score (nSPS) is 17.8. The molecule has 0 saturated carbocycles. The Morgan fingerprint density at radius 3 is 2.32 bits per heavy atom. The predicted molar refractivity (Wildman–Crippen MR) is 67.6 cm³/mol. The van der Waals surface area contributed by atoms with Crippen molar-refractivity contribution in [3.63, 3.8) is 0 Å². The van der Waals surface area contributed by atoms with Crippen LogP contribution >= 0.6 is 0 Å². The molecular weight excluding hydrogens is 252 g/mol. The highest BCUT2D eigenvalue weighted by Crippen LogP contribution is 2.10. The summed E-state index contributed by atoms with van der Waals surface area (Å²) in [5.41, 5.74) is -0.627. The first kappa shape index (κ1) is 15.7. The molecule has 1 N–H and O–H groups in total. The van der Waals surface area contributed by atoms with Gasteiger partial charge in [0, 0.05) is 13.1 Å². The fourth-order valence-electron chi connectivity index (χ4n) is 1.50. The van der Waals surface area contributed by atoms with E-state index in [1.807, 2.05) is 0 Å². The van der Waals surface area contributed by atoms with Crippen LogP contribution in [0, 0.1) is 0 Å². The number of carbonyl (C=O) groups excluding carboxylic acids is 2. The number of likely N-dealkylation sites (N-methyl/N-ethyl adjacent to an activating group) is 1. The summed E-state index contributed by atoms with van der Waals surface area (Å²) in [6.45, 7) is 7.13. The predicted octanol–water partition coefficient (Wildman–Crippen LogP) is 0.342. The van der Waals surface area contributed by atoms with E-state index in [0.29, 0.717) is 26.3 Å². The number of nitrogens with one attached hydrogen (secondary N) is 1. The van der Waals surface area contributed by atoms with Crippen molar-refractivity contribution < 1.29 is 23.8 Å². The largest absolute Gasteiger partial charge is 0.456 e. The van der Waals surface area contributed by atoms with Gasteiger partial charge in [0.2, 0.25) is 0 Å². The number of hydrogen-bond acceptors (Lipinski definition) is 6. The summed E-state index contributed by atoms with van der Waals surface area (Å²) in [5, 5.41) is 2.62. The van der Waals surface area contributed by atoms with Gasteiger partial charge in [-0.1, -0.05) is 0 Å². The zero-order valence-corrected chi connectivity index (χ0v) is 11.9. The molecule has 0 bridgehead atoms. The molecule has 1 heterocycles. The molecular formula is C12H22N2O5. The Kier molecular flexibility index (Phi) is 5.56. The van der Waals surface area contributed by atoms with Crippen LogP contribution in [0.15, 0.2) is 0 Å². The van der Waals surface area contributed by atoms with Crippen molar-refractivity contribution >= 4 is 12.1 Å². The molecule has 7 nitrogen and oxygen atoms in total. The Morgan fingerprint density at radius 1 is 1.26 bits per heavy atom. The molecule has 110 valence electrons. The number of rotatable bonds is 3. The lowest BCUT2D eigenvalue weighted by Crippen LogP contribution is -2.48. The van der Waals surface area contributed by atoms with Crippen molar-refractivity contribution in [2.45, 2.75) is 32.6 Å². The Balaban J connectivity index is 2.51. The molecule has 1 aliphatic rings. The molecule has 0 aromatic rings. The lowest BCUT2D eigenvalue weighted by atomic mass is 10.2. The lowest BCUT2D eigenvalue weighted by molar-refractivity contribution is -0.167. The molecule has 7 heteroatoms. The molecule has 0 spiro atoms. The van der Waals surface area contributed by atoms with Gasteiger partial charge in [-0.15, -0.1) is 0 Å². The minimum absolute atomic E-state index is 0.462. The third kappa shape index (κ3) is 5.44. The summed E-state index contributed by atoms with van der Waals surface area (Å²) in [6, 6.07) is 0. The molecule has 1 aliphatic heterocycles. The molecule has 1 saturated heterocycles. The summed E-state index contributed by atoms with van der Waals surface area (Å²) >= 11 is 0. The van der Waals surface area contributed by atoms with Crippen LogP contribution in [0.25, 0.3) is 0 Å². The number of nitrogens with zero attached hydrogens (tertiary/aromatic N) is 1. The highest BCUT2D eigenvalue weighted by Gasteiger charge is 2.29. The van der Waals surface area contributed by atoms with Gasteiger partial charge >= 0.3 is 12.1 Å². The smallest absolute Gasteiger partial charge is 0.412 e. The molecule has 1 unspecified atom stereocenters. The van der Waals surface area contributed by atoms with Crippen LogP contribution < -0.4 is 5.32 Å². The second kappa shape index (κ2) is 6.72. The molecule has 1 rings (SSSR count). The van der Waals surface area contributed by atoms with Gasteiger partial charge in [0.05, 0.1) is 13.2 Å². The van der Waals surface area contributed by atoms with Crippen molar-refractivity contribution in [3.8, 4) is 0 Å². The van der Waals surface area contributed by atoms with Crippen molar-refractivity contribution in [2.75, 3.05) is 33.4 Å². The summed E-state index contributed by atoms with van der Waals surface area (Å²) < 4.78 is 15.4. The maximum atomic E-state index is 11.8. The summed E-state index contributed by atoms with van der Waals surface area (Å²) in [6.07, 6.45) is -1.65. The fraction of sp³-hybridized carbons (Fsp3) is 0.833. The Morgan fingerprint density at radius 2 is 1.84 bits per heavy atom. The highest BCUT2D eigenvalue weighted by atomic mass is 16.6. The second-order valence-electron chi connectivity index (χ2n) is 5.19. The van der Waals surface area contributed by atoms with Gasteiger partial charge in [0.1, 0.15) is 5.60 Å². The summed E-state index contributed by atoms with van der Waals surface area (Å²) in [4.78, 5) is 25.1. The summed E-state index contributed by atoms with van der Waals surface area (Å²) in [7, 11) is 1.53. The maximum absolute atomic E-state index is 11.8. The van der Waals surface area contributed by atoms with Crippen LogP contribution in [0.1, 0.15) is 20.8 Å². The number of amides is 1. The third-order valence-corrected chi connectivity index (χ3v) is 2.37. The average Bonchev–Trinajstić information content (AvgIpc) is 2.34. The van der Waals surface area contributed by atoms with Crippen LogP contribution in [0.3, 0.4) is 0 Å². The topological polar surface area (TPSA) is 77.1 Å². The van der Waals surface area contributed by atoms with Gasteiger partial charge in [0.25, 0.3) is 6.23 Å². The van der Waals surface area contributed by atoms with Gasteiger partial charge in [0.15, 0.2) is 0 Å². The highest BCUT2D eigenvalue weighted by molar-refractivity contribution is 5.78. The number of esters is 1. The van der Waals surface area contributed by atoms with E-state index >= 15 is 0 Å². The van der Waals surface area contributed by atoms with E-state index in [1.54, 1.807) is 20.8 Å².